The molecule has 132 valence electrons. The molecule has 0 spiro atoms. The van der Waals surface area contributed by atoms with Crippen LogP contribution in [0.5, 0.6) is 5.75 Å². The van der Waals surface area contributed by atoms with Crippen LogP contribution in [0.25, 0.3) is 10.2 Å². The molecule has 2 aromatic rings. The molecule has 0 radical (unpaired) electrons. The number of carbonyl (C=O) groups excluding carboxylic acids is 1. The molecule has 2 aliphatic heterocycles. The minimum absolute atomic E-state index is 0.315. The van der Waals surface area contributed by atoms with E-state index in [-0.39, 0.29) is 18.1 Å². The lowest BCUT2D eigenvalue weighted by molar-refractivity contribution is -0.147. The van der Waals surface area contributed by atoms with Crippen molar-refractivity contribution >= 4 is 38.6 Å². The second-order valence-electron chi connectivity index (χ2n) is 6.25. The first-order chi connectivity index (χ1) is 12.1. The average Bonchev–Trinajstić information content (AvgIpc) is 3.27. The number of carbonyl (C=O) groups is 2. The summed E-state index contributed by atoms with van der Waals surface area (Å²) in [6.45, 7) is 2.49. The molecule has 1 amide bonds. The first-order valence-corrected chi connectivity index (χ1v) is 9.11. The fourth-order valence-corrected chi connectivity index (χ4v) is 4.63. The predicted molar refractivity (Wildman–Crippen MR) is 91.9 cm³/mol. The van der Waals surface area contributed by atoms with Gasteiger partial charge >= 0.3 is 5.97 Å². The van der Waals surface area contributed by atoms with E-state index in [1.165, 1.54) is 11.3 Å². The summed E-state index contributed by atoms with van der Waals surface area (Å²) >= 11 is 1.34. The number of aliphatic carboxylic acids is 1. The molecule has 2 fully saturated rings. The van der Waals surface area contributed by atoms with Crippen molar-refractivity contribution in [3.05, 3.63) is 18.2 Å². The van der Waals surface area contributed by atoms with E-state index in [0.29, 0.717) is 18.2 Å². The molecule has 2 aliphatic rings. The Bertz CT molecular complexity index is 836. The van der Waals surface area contributed by atoms with E-state index in [1.54, 1.807) is 0 Å². The number of aromatic nitrogens is 1. The average molecular weight is 362 g/mol. The maximum atomic E-state index is 12.7. The quantitative estimate of drug-likeness (QED) is 0.848. The van der Waals surface area contributed by atoms with Crippen LogP contribution in [0.3, 0.4) is 0 Å². The fraction of sp³-hybridized carbons (Fsp3) is 0.471. The van der Waals surface area contributed by atoms with Crippen LogP contribution in [0, 0.1) is 11.8 Å². The van der Waals surface area contributed by atoms with Gasteiger partial charge in [0.2, 0.25) is 5.91 Å². The summed E-state index contributed by atoms with van der Waals surface area (Å²) in [6.07, 6.45) is 0.754. The maximum absolute atomic E-state index is 12.7. The van der Waals surface area contributed by atoms with Crippen molar-refractivity contribution < 1.29 is 24.2 Å². The Morgan fingerprint density at radius 2 is 2.12 bits per heavy atom. The van der Waals surface area contributed by atoms with Crippen molar-refractivity contribution in [3.8, 4) is 5.75 Å². The normalized spacial score (nSPS) is 27.6. The summed E-state index contributed by atoms with van der Waals surface area (Å²) in [6, 6.07) is 5.56. The van der Waals surface area contributed by atoms with Crippen molar-refractivity contribution in [2.24, 2.45) is 11.8 Å². The maximum Gasteiger partial charge on any atom is 0.310 e. The Labute approximate surface area is 148 Å². The molecule has 1 aromatic heterocycles. The van der Waals surface area contributed by atoms with Crippen LogP contribution in [0.4, 0.5) is 5.13 Å². The van der Waals surface area contributed by atoms with E-state index in [4.69, 9.17) is 9.47 Å². The van der Waals surface area contributed by atoms with Crippen LogP contribution >= 0.6 is 11.3 Å². The molecular weight excluding hydrogens is 344 g/mol. The highest BCUT2D eigenvalue weighted by Gasteiger charge is 2.55. The molecule has 3 heterocycles. The zero-order chi connectivity index (χ0) is 17.6. The zero-order valence-corrected chi connectivity index (χ0v) is 14.4. The molecule has 0 aliphatic carbocycles. The predicted octanol–water partition coefficient (Wildman–Crippen LogP) is 2.51. The van der Waals surface area contributed by atoms with Crippen molar-refractivity contribution in [2.45, 2.75) is 32.0 Å². The van der Waals surface area contributed by atoms with Crippen LogP contribution < -0.4 is 10.1 Å². The van der Waals surface area contributed by atoms with E-state index in [0.717, 1.165) is 22.4 Å². The van der Waals surface area contributed by atoms with Crippen LogP contribution in [0.2, 0.25) is 0 Å². The number of carboxylic acid groups (broad SMARTS) is 1. The van der Waals surface area contributed by atoms with E-state index in [1.807, 2.05) is 25.1 Å². The molecule has 25 heavy (non-hydrogen) atoms. The van der Waals surface area contributed by atoms with Crippen molar-refractivity contribution in [2.75, 3.05) is 11.9 Å². The molecule has 7 nitrogen and oxygen atoms in total. The first-order valence-electron chi connectivity index (χ1n) is 8.29. The summed E-state index contributed by atoms with van der Waals surface area (Å²) in [5.41, 5.74) is 0.766. The number of anilines is 1. The third-order valence-electron chi connectivity index (χ3n) is 4.76. The van der Waals surface area contributed by atoms with Crippen LogP contribution in [-0.4, -0.2) is 40.8 Å². The summed E-state index contributed by atoms with van der Waals surface area (Å²) in [4.78, 5) is 28.6. The van der Waals surface area contributed by atoms with Crippen LogP contribution in [-0.2, 0) is 14.3 Å². The van der Waals surface area contributed by atoms with Gasteiger partial charge in [0.25, 0.3) is 0 Å². The first kappa shape index (κ1) is 16.3. The second kappa shape index (κ2) is 6.27. The number of benzene rings is 1. The number of carboxylic acids is 1. The molecule has 4 atom stereocenters. The molecule has 4 unspecified atom stereocenters. The van der Waals surface area contributed by atoms with Gasteiger partial charge in [-0.3, -0.25) is 9.59 Å². The van der Waals surface area contributed by atoms with E-state index in [2.05, 4.69) is 10.3 Å². The summed E-state index contributed by atoms with van der Waals surface area (Å²) in [5.74, 6) is -1.99. The van der Waals surface area contributed by atoms with Gasteiger partial charge in [0.05, 0.1) is 40.9 Å². The highest BCUT2D eigenvalue weighted by Crippen LogP contribution is 2.44. The number of amides is 1. The molecule has 1 aromatic carbocycles. The Hall–Kier alpha value is -2.19. The van der Waals surface area contributed by atoms with E-state index in [9.17, 15) is 14.7 Å². The topological polar surface area (TPSA) is 97.8 Å². The second-order valence-corrected chi connectivity index (χ2v) is 7.28. The lowest BCUT2D eigenvalue weighted by atomic mass is 9.79. The molecular formula is C17H18N2O5S. The lowest BCUT2D eigenvalue weighted by Gasteiger charge is -2.23. The minimum Gasteiger partial charge on any atom is -0.494 e. The number of nitrogens with zero attached hydrogens (tertiary/aromatic N) is 1. The Morgan fingerprint density at radius 3 is 2.84 bits per heavy atom. The van der Waals surface area contributed by atoms with E-state index >= 15 is 0 Å². The van der Waals surface area contributed by atoms with Crippen molar-refractivity contribution in [3.63, 3.8) is 0 Å². The summed E-state index contributed by atoms with van der Waals surface area (Å²) < 4.78 is 12.0. The minimum atomic E-state index is -0.974. The molecule has 2 saturated heterocycles. The Kier molecular flexibility index (Phi) is 4.09. The Morgan fingerprint density at radius 1 is 1.36 bits per heavy atom. The molecule has 4 rings (SSSR count). The fourth-order valence-electron chi connectivity index (χ4n) is 3.73. The van der Waals surface area contributed by atoms with Gasteiger partial charge in [-0.2, -0.15) is 0 Å². The van der Waals surface area contributed by atoms with Crippen LogP contribution in [0.1, 0.15) is 19.8 Å². The van der Waals surface area contributed by atoms with Gasteiger partial charge in [0, 0.05) is 0 Å². The number of nitrogens with one attached hydrogen (secondary N) is 1. The number of ether oxygens (including phenoxy) is 2. The highest BCUT2D eigenvalue weighted by molar-refractivity contribution is 7.22. The van der Waals surface area contributed by atoms with Gasteiger partial charge in [-0.15, -0.1) is 0 Å². The number of fused-ring (bicyclic) bond motifs is 3. The largest absolute Gasteiger partial charge is 0.494 e. The lowest BCUT2D eigenvalue weighted by Crippen LogP contribution is -2.40. The molecule has 2 N–H and O–H groups in total. The standard InChI is InChI=1S/C17H18N2O5S/c1-2-23-8-3-4-9-12(7-8)25-17(18-9)19-15(20)13-10-5-6-11(24-10)14(13)16(21)22/h3-4,7,10-11,13-14H,2,5-6H2,1H3,(H,21,22)(H,18,19,20). The van der Waals surface area contributed by atoms with Gasteiger partial charge in [-0.1, -0.05) is 11.3 Å². The molecule has 8 heteroatoms. The Balaban J connectivity index is 1.54. The summed E-state index contributed by atoms with van der Waals surface area (Å²) in [7, 11) is 0. The third-order valence-corrected chi connectivity index (χ3v) is 5.70. The van der Waals surface area contributed by atoms with Crippen molar-refractivity contribution in [1.82, 2.24) is 4.98 Å². The van der Waals surface area contributed by atoms with Crippen molar-refractivity contribution in [1.29, 1.82) is 0 Å². The monoisotopic (exact) mass is 362 g/mol. The smallest absolute Gasteiger partial charge is 0.310 e. The molecule has 2 bridgehead atoms. The zero-order valence-electron chi connectivity index (χ0n) is 13.6. The molecule has 0 saturated carbocycles. The van der Waals surface area contributed by atoms with Gasteiger partial charge in [0.1, 0.15) is 5.75 Å². The van der Waals surface area contributed by atoms with Gasteiger partial charge in [0.15, 0.2) is 5.13 Å². The van der Waals surface area contributed by atoms with Gasteiger partial charge < -0.3 is 19.9 Å². The van der Waals surface area contributed by atoms with Gasteiger partial charge in [-0.25, -0.2) is 4.98 Å². The van der Waals surface area contributed by atoms with E-state index < -0.39 is 17.8 Å². The number of hydrogen-bond acceptors (Lipinski definition) is 6. The number of rotatable bonds is 5. The summed E-state index contributed by atoms with van der Waals surface area (Å²) in [5, 5.41) is 12.7. The third kappa shape index (κ3) is 2.85. The highest BCUT2D eigenvalue weighted by atomic mass is 32.1. The SMILES string of the molecule is CCOc1ccc2nc(NC(=O)C3C4CCC(O4)C3C(=O)O)sc2c1. The number of hydrogen-bond donors (Lipinski definition) is 2. The van der Waals surface area contributed by atoms with Crippen LogP contribution in [0.15, 0.2) is 18.2 Å². The number of thiazole rings is 1. The van der Waals surface area contributed by atoms with Gasteiger partial charge in [-0.05, 0) is 38.0 Å².